The molecule has 9 heteroatoms. The molecule has 6 rings (SSSR count). The molecule has 0 bridgehead atoms. The minimum Gasteiger partial charge on any atom is -0.466 e. The number of benzene rings is 3. The summed E-state index contributed by atoms with van der Waals surface area (Å²) in [6.07, 6.45) is 5.80. The Morgan fingerprint density at radius 2 is 1.68 bits per heavy atom. The second-order valence-corrected chi connectivity index (χ2v) is 11.3. The van der Waals surface area contributed by atoms with Crippen LogP contribution in [0.25, 0.3) is 23.0 Å². The highest BCUT2D eigenvalue weighted by atomic mass is 32.2. The summed E-state index contributed by atoms with van der Waals surface area (Å²) < 4.78 is 9.06. The molecule has 2 aromatic heterocycles. The average molecular weight is 579 g/mol. The Kier molecular flexibility index (Phi) is 7.30. The van der Waals surface area contributed by atoms with E-state index < -0.39 is 12.0 Å². The maximum Gasteiger partial charge on any atom is 0.338 e. The van der Waals surface area contributed by atoms with Crippen LogP contribution in [-0.2, 0) is 9.53 Å². The average Bonchev–Trinajstić information content (AvgIpc) is 3.57. The predicted octanol–water partition coefficient (Wildman–Crippen LogP) is 4.98. The van der Waals surface area contributed by atoms with E-state index in [1.807, 2.05) is 108 Å². The van der Waals surface area contributed by atoms with E-state index in [1.165, 1.54) is 18.4 Å². The molecule has 1 unspecified atom stereocenters. The minimum absolute atomic E-state index is 0.229. The number of allylic oxidation sites excluding steroid dienone is 1. The summed E-state index contributed by atoms with van der Waals surface area (Å²) >= 11 is 2.93. The van der Waals surface area contributed by atoms with Gasteiger partial charge in [0, 0.05) is 22.2 Å². The van der Waals surface area contributed by atoms with Crippen LogP contribution < -0.4 is 14.9 Å². The molecular weight excluding hydrogens is 553 g/mol. The van der Waals surface area contributed by atoms with Crippen molar-refractivity contribution in [1.29, 1.82) is 0 Å². The molecule has 41 heavy (non-hydrogen) atoms. The standard InChI is InChI=1S/C32H26N4O3S2/c1-20-27(31(38)39-2)29(22-14-16-25(40-3)17-15-22)36-30(37)26(41-32(36)33-20)18-23-19-35(24-12-8-5-9-13-24)34-28(23)21-10-6-4-7-11-21/h4-19,29H,1-3H3. The van der Waals surface area contributed by atoms with Gasteiger partial charge in [-0.15, -0.1) is 11.8 Å². The van der Waals surface area contributed by atoms with Crippen LogP contribution in [0.4, 0.5) is 0 Å². The molecule has 3 aromatic carbocycles. The number of carbonyl (C=O) groups is 1. The van der Waals surface area contributed by atoms with E-state index in [1.54, 1.807) is 23.3 Å². The molecular formula is C32H26N4O3S2. The van der Waals surface area contributed by atoms with Crippen LogP contribution >= 0.6 is 23.1 Å². The summed E-state index contributed by atoms with van der Waals surface area (Å²) in [6.45, 7) is 1.78. The van der Waals surface area contributed by atoms with E-state index in [0.717, 1.165) is 33.0 Å². The first-order valence-corrected chi connectivity index (χ1v) is 15.0. The Labute approximate surface area is 244 Å². The van der Waals surface area contributed by atoms with Crippen molar-refractivity contribution >= 4 is 35.1 Å². The monoisotopic (exact) mass is 578 g/mol. The number of methoxy groups -OCH3 is 1. The predicted molar refractivity (Wildman–Crippen MR) is 163 cm³/mol. The Bertz CT molecular complexity index is 1960. The summed E-state index contributed by atoms with van der Waals surface area (Å²) in [5, 5.41) is 4.88. The van der Waals surface area contributed by atoms with Crippen LogP contribution in [0.2, 0.25) is 0 Å². The summed E-state index contributed by atoms with van der Waals surface area (Å²) in [4.78, 5) is 33.4. The van der Waals surface area contributed by atoms with Gasteiger partial charge in [-0.05, 0) is 49.1 Å². The second kappa shape index (κ2) is 11.2. The Hall–Kier alpha value is -4.47. The minimum atomic E-state index is -0.655. The molecule has 1 atom stereocenters. The molecule has 0 amide bonds. The Morgan fingerprint density at radius 3 is 2.34 bits per heavy atom. The van der Waals surface area contributed by atoms with Crippen LogP contribution in [0, 0.1) is 0 Å². The molecule has 204 valence electrons. The summed E-state index contributed by atoms with van der Waals surface area (Å²) in [5.74, 6) is -0.505. The molecule has 0 aliphatic carbocycles. The zero-order valence-electron chi connectivity index (χ0n) is 22.6. The number of esters is 1. The molecule has 1 aliphatic heterocycles. The fourth-order valence-corrected chi connectivity index (χ4v) is 6.41. The first kappa shape index (κ1) is 26.7. The van der Waals surface area contributed by atoms with Gasteiger partial charge in [0.2, 0.25) is 0 Å². The first-order valence-electron chi connectivity index (χ1n) is 12.9. The van der Waals surface area contributed by atoms with Gasteiger partial charge in [0.05, 0.1) is 40.3 Å². The summed E-state index contributed by atoms with van der Waals surface area (Å²) in [6, 6.07) is 27.0. The highest BCUT2D eigenvalue weighted by molar-refractivity contribution is 7.98. The van der Waals surface area contributed by atoms with Gasteiger partial charge in [0.25, 0.3) is 5.56 Å². The van der Waals surface area contributed by atoms with Crippen LogP contribution in [0.1, 0.15) is 24.1 Å². The molecule has 0 N–H and O–H groups in total. The number of thiazole rings is 1. The van der Waals surface area contributed by atoms with Crippen molar-refractivity contribution in [1.82, 2.24) is 14.3 Å². The lowest BCUT2D eigenvalue weighted by Crippen LogP contribution is -2.39. The number of hydrogen-bond donors (Lipinski definition) is 0. The number of para-hydroxylation sites is 1. The summed E-state index contributed by atoms with van der Waals surface area (Å²) in [5.41, 5.74) is 4.89. The van der Waals surface area contributed by atoms with Gasteiger partial charge in [-0.25, -0.2) is 14.5 Å². The molecule has 0 radical (unpaired) electrons. The van der Waals surface area contributed by atoms with E-state index in [2.05, 4.69) is 4.99 Å². The third-order valence-electron chi connectivity index (χ3n) is 6.96. The van der Waals surface area contributed by atoms with Gasteiger partial charge in [0.15, 0.2) is 4.80 Å². The number of fused-ring (bicyclic) bond motifs is 1. The highest BCUT2D eigenvalue weighted by Crippen LogP contribution is 2.32. The number of rotatable bonds is 6. The van der Waals surface area contributed by atoms with Crippen LogP contribution in [0.15, 0.2) is 117 Å². The topological polar surface area (TPSA) is 78.5 Å². The van der Waals surface area contributed by atoms with Crippen molar-refractivity contribution in [2.75, 3.05) is 13.4 Å². The van der Waals surface area contributed by atoms with E-state index in [0.29, 0.717) is 20.6 Å². The quantitative estimate of drug-likeness (QED) is 0.210. The van der Waals surface area contributed by atoms with Crippen LogP contribution in [0.3, 0.4) is 0 Å². The zero-order valence-corrected chi connectivity index (χ0v) is 24.3. The van der Waals surface area contributed by atoms with E-state index >= 15 is 0 Å². The number of nitrogens with zero attached hydrogens (tertiary/aromatic N) is 4. The summed E-state index contributed by atoms with van der Waals surface area (Å²) in [7, 11) is 1.34. The highest BCUT2D eigenvalue weighted by Gasteiger charge is 2.33. The zero-order chi connectivity index (χ0) is 28.5. The molecule has 5 aromatic rings. The first-order chi connectivity index (χ1) is 20.0. The maximum absolute atomic E-state index is 14.1. The molecule has 7 nitrogen and oxygen atoms in total. The molecule has 0 fully saturated rings. The number of carbonyl (C=O) groups excluding carboxylic acids is 1. The van der Waals surface area contributed by atoms with E-state index in [-0.39, 0.29) is 5.56 Å². The largest absolute Gasteiger partial charge is 0.466 e. The van der Waals surface area contributed by atoms with Crippen molar-refractivity contribution in [3.05, 3.63) is 133 Å². The van der Waals surface area contributed by atoms with Gasteiger partial charge in [-0.1, -0.05) is 72.0 Å². The van der Waals surface area contributed by atoms with Gasteiger partial charge in [-0.2, -0.15) is 5.10 Å². The van der Waals surface area contributed by atoms with Gasteiger partial charge >= 0.3 is 5.97 Å². The fourth-order valence-electron chi connectivity index (χ4n) is 4.96. The third kappa shape index (κ3) is 4.98. The van der Waals surface area contributed by atoms with Crippen molar-refractivity contribution in [3.63, 3.8) is 0 Å². The SMILES string of the molecule is COC(=O)C1=C(C)N=c2sc(=Cc3cn(-c4ccccc4)nc3-c3ccccc3)c(=O)n2C1c1ccc(SC)cc1. The van der Waals surface area contributed by atoms with Crippen molar-refractivity contribution in [2.24, 2.45) is 4.99 Å². The van der Waals surface area contributed by atoms with Crippen molar-refractivity contribution in [3.8, 4) is 16.9 Å². The van der Waals surface area contributed by atoms with Crippen LogP contribution in [0.5, 0.6) is 0 Å². The van der Waals surface area contributed by atoms with Gasteiger partial charge in [-0.3, -0.25) is 9.36 Å². The van der Waals surface area contributed by atoms with Crippen molar-refractivity contribution < 1.29 is 9.53 Å². The normalized spacial score (nSPS) is 15.0. The lowest BCUT2D eigenvalue weighted by Gasteiger charge is -2.24. The van der Waals surface area contributed by atoms with Gasteiger partial charge in [0.1, 0.15) is 0 Å². The molecule has 1 aliphatic rings. The van der Waals surface area contributed by atoms with Gasteiger partial charge < -0.3 is 4.74 Å². The molecule has 0 saturated heterocycles. The number of hydrogen-bond acceptors (Lipinski definition) is 7. The fraction of sp³-hybridized carbons (Fsp3) is 0.125. The smallest absolute Gasteiger partial charge is 0.338 e. The Morgan fingerprint density at radius 1 is 1.00 bits per heavy atom. The number of ether oxygens (including phenoxy) is 1. The lowest BCUT2D eigenvalue weighted by molar-refractivity contribution is -0.136. The Balaban J connectivity index is 1.56. The van der Waals surface area contributed by atoms with Crippen molar-refractivity contribution in [2.45, 2.75) is 17.9 Å². The molecule has 0 saturated carbocycles. The maximum atomic E-state index is 14.1. The lowest BCUT2D eigenvalue weighted by atomic mass is 9.96. The van der Waals surface area contributed by atoms with Crippen LogP contribution in [-0.4, -0.2) is 33.7 Å². The third-order valence-corrected chi connectivity index (χ3v) is 8.68. The molecule has 0 spiro atoms. The molecule has 3 heterocycles. The second-order valence-electron chi connectivity index (χ2n) is 9.43. The number of thioether (sulfide) groups is 1. The number of aromatic nitrogens is 3. The van der Waals surface area contributed by atoms with E-state index in [4.69, 9.17) is 9.84 Å². The van der Waals surface area contributed by atoms with E-state index in [9.17, 15) is 9.59 Å².